The van der Waals surface area contributed by atoms with Crippen molar-refractivity contribution in [2.75, 3.05) is 20.3 Å². The first kappa shape index (κ1) is 18.9. The first-order valence-electron chi connectivity index (χ1n) is 8.33. The maximum Gasteiger partial charge on any atom is 0.331 e. The van der Waals surface area contributed by atoms with Gasteiger partial charge in [-0.25, -0.2) is 9.78 Å². The summed E-state index contributed by atoms with van der Waals surface area (Å²) in [6, 6.07) is -0.731. The number of carbonyl (C=O) groups is 2. The molecule has 7 nitrogen and oxygen atoms in total. The second-order valence-electron chi connectivity index (χ2n) is 5.88. The van der Waals surface area contributed by atoms with Gasteiger partial charge in [0.2, 0.25) is 5.91 Å². The molecule has 0 spiro atoms. The van der Waals surface area contributed by atoms with E-state index in [1.54, 1.807) is 17.9 Å². The number of carbonyl (C=O) groups excluding carboxylic acids is 2. The van der Waals surface area contributed by atoms with Gasteiger partial charge in [0.1, 0.15) is 0 Å². The second kappa shape index (κ2) is 8.20. The van der Waals surface area contributed by atoms with Crippen molar-refractivity contribution in [3.8, 4) is 0 Å². The lowest BCUT2D eigenvalue weighted by molar-refractivity contribution is -0.156. The zero-order chi connectivity index (χ0) is 18.7. The van der Waals surface area contributed by atoms with E-state index in [-0.39, 0.29) is 25.2 Å². The third kappa shape index (κ3) is 3.92. The molecule has 0 N–H and O–H groups in total. The summed E-state index contributed by atoms with van der Waals surface area (Å²) in [7, 11) is 1.50. The second-order valence-corrected chi connectivity index (χ2v) is 7.11. The Morgan fingerprint density at radius 2 is 2.31 bits per heavy atom. The first-order chi connectivity index (χ1) is 12.6. The average Bonchev–Trinajstić information content (AvgIpc) is 3.26. The fourth-order valence-corrected chi connectivity index (χ4v) is 3.77. The molecule has 0 bridgehead atoms. The Balaban J connectivity index is 1.83. The van der Waals surface area contributed by atoms with Gasteiger partial charge in [-0.3, -0.25) is 9.20 Å². The quantitative estimate of drug-likeness (QED) is 0.505. The smallest absolute Gasteiger partial charge is 0.331 e. The summed E-state index contributed by atoms with van der Waals surface area (Å²) in [4.78, 5) is 31.7. The van der Waals surface area contributed by atoms with Gasteiger partial charge in [0, 0.05) is 30.8 Å². The van der Waals surface area contributed by atoms with Gasteiger partial charge in [-0.1, -0.05) is 11.6 Å². The first-order valence-corrected chi connectivity index (χ1v) is 9.59. The average molecular weight is 398 g/mol. The van der Waals surface area contributed by atoms with Gasteiger partial charge in [0.15, 0.2) is 16.2 Å². The van der Waals surface area contributed by atoms with Crippen LogP contribution in [0.5, 0.6) is 0 Å². The van der Waals surface area contributed by atoms with E-state index in [4.69, 9.17) is 21.1 Å². The molecule has 1 aliphatic rings. The number of hydrogen-bond donors (Lipinski definition) is 0. The molecule has 3 rings (SSSR count). The number of thiazole rings is 1. The van der Waals surface area contributed by atoms with Crippen molar-refractivity contribution in [2.45, 2.75) is 31.8 Å². The van der Waals surface area contributed by atoms with Gasteiger partial charge >= 0.3 is 5.97 Å². The fourth-order valence-electron chi connectivity index (χ4n) is 2.76. The molecule has 9 heteroatoms. The number of amides is 1. The predicted molar refractivity (Wildman–Crippen MR) is 99.3 cm³/mol. The minimum Gasteiger partial charge on any atom is -0.464 e. The zero-order valence-electron chi connectivity index (χ0n) is 14.6. The highest BCUT2D eigenvalue weighted by Gasteiger charge is 2.40. The number of fused-ring (bicyclic) bond motifs is 1. The summed E-state index contributed by atoms with van der Waals surface area (Å²) in [5.41, 5.74) is 0.631. The van der Waals surface area contributed by atoms with Crippen LogP contribution in [0.15, 0.2) is 17.7 Å². The lowest BCUT2D eigenvalue weighted by atomic mass is 10.2. The topological polar surface area (TPSA) is 73.1 Å². The number of halogens is 1. The van der Waals surface area contributed by atoms with E-state index in [9.17, 15) is 9.59 Å². The van der Waals surface area contributed by atoms with Crippen LogP contribution in [-0.4, -0.2) is 58.6 Å². The molecular weight excluding hydrogens is 378 g/mol. The zero-order valence-corrected chi connectivity index (χ0v) is 16.1. The third-order valence-corrected chi connectivity index (χ3v) is 5.09. The summed E-state index contributed by atoms with van der Waals surface area (Å²) in [6.45, 7) is 2.08. The van der Waals surface area contributed by atoms with Gasteiger partial charge in [-0.05, 0) is 25.8 Å². The highest BCUT2D eigenvalue weighted by atomic mass is 35.5. The Hall–Kier alpha value is -1.90. The Bertz CT molecular complexity index is 827. The Morgan fingerprint density at radius 1 is 1.54 bits per heavy atom. The van der Waals surface area contributed by atoms with Crippen LogP contribution in [0.4, 0.5) is 0 Å². The maximum absolute atomic E-state index is 12.8. The molecule has 140 valence electrons. The molecule has 1 saturated carbocycles. The van der Waals surface area contributed by atoms with E-state index < -0.39 is 12.0 Å². The van der Waals surface area contributed by atoms with Crippen LogP contribution in [0.2, 0.25) is 5.15 Å². The number of rotatable bonds is 8. The highest BCUT2D eigenvalue weighted by Crippen LogP contribution is 2.30. The normalized spacial score (nSPS) is 15.5. The number of imidazole rings is 1. The lowest BCUT2D eigenvalue weighted by Crippen LogP contribution is -2.49. The summed E-state index contributed by atoms with van der Waals surface area (Å²) in [5, 5.41) is 2.22. The van der Waals surface area contributed by atoms with Crippen molar-refractivity contribution in [3.05, 3.63) is 28.5 Å². The van der Waals surface area contributed by atoms with Crippen molar-refractivity contribution >= 4 is 45.9 Å². The monoisotopic (exact) mass is 397 g/mol. The molecule has 0 aromatic carbocycles. The largest absolute Gasteiger partial charge is 0.464 e. The molecule has 26 heavy (non-hydrogen) atoms. The van der Waals surface area contributed by atoms with Gasteiger partial charge in [0.05, 0.1) is 18.9 Å². The number of nitrogens with zero attached hydrogens (tertiary/aromatic N) is 3. The summed E-state index contributed by atoms with van der Waals surface area (Å²) < 4.78 is 12.1. The van der Waals surface area contributed by atoms with E-state index in [1.807, 2.05) is 16.0 Å². The van der Waals surface area contributed by atoms with Crippen LogP contribution in [0.25, 0.3) is 11.0 Å². The van der Waals surface area contributed by atoms with E-state index in [0.717, 1.165) is 17.8 Å². The van der Waals surface area contributed by atoms with Crippen LogP contribution < -0.4 is 0 Å². The van der Waals surface area contributed by atoms with Crippen molar-refractivity contribution < 1.29 is 19.1 Å². The minimum absolute atomic E-state index is 0.0267. The fraction of sp³-hybridized carbons (Fsp3) is 0.471. The molecule has 2 aromatic heterocycles. The summed E-state index contributed by atoms with van der Waals surface area (Å²) in [6.07, 6.45) is 6.62. The van der Waals surface area contributed by atoms with Gasteiger partial charge in [0.25, 0.3) is 0 Å². The molecule has 0 saturated heterocycles. The Morgan fingerprint density at radius 3 is 2.96 bits per heavy atom. The molecule has 1 fully saturated rings. The Labute approximate surface area is 160 Å². The molecule has 0 aliphatic heterocycles. The van der Waals surface area contributed by atoms with Gasteiger partial charge < -0.3 is 14.4 Å². The SMILES string of the molecule is CCOC(=O)C(COC)N(C(=O)/C=C/c1c(Cl)nc2sccn12)C1CC1. The Kier molecular flexibility index (Phi) is 5.95. The molecule has 1 atom stereocenters. The molecule has 1 aliphatic carbocycles. The maximum atomic E-state index is 12.8. The predicted octanol–water partition coefficient (Wildman–Crippen LogP) is 2.63. The molecule has 2 heterocycles. The number of aromatic nitrogens is 2. The number of hydrogen-bond acceptors (Lipinski definition) is 6. The van der Waals surface area contributed by atoms with Crippen molar-refractivity contribution in [1.29, 1.82) is 0 Å². The number of ether oxygens (including phenoxy) is 2. The van der Waals surface area contributed by atoms with E-state index in [0.29, 0.717) is 10.8 Å². The molecule has 2 aromatic rings. The molecular formula is C17H20ClN3O4S. The van der Waals surface area contributed by atoms with E-state index in [1.165, 1.54) is 24.5 Å². The molecule has 1 amide bonds. The van der Waals surface area contributed by atoms with Crippen LogP contribution >= 0.6 is 22.9 Å². The highest BCUT2D eigenvalue weighted by molar-refractivity contribution is 7.15. The van der Waals surface area contributed by atoms with E-state index >= 15 is 0 Å². The van der Waals surface area contributed by atoms with Gasteiger partial charge in [-0.15, -0.1) is 11.3 Å². The third-order valence-electron chi connectivity index (χ3n) is 4.05. The standard InChI is InChI=1S/C17H20ClN3O4S/c1-3-25-16(23)13(10-24-2)21(11-4-5-11)14(22)7-6-12-15(18)19-17-20(12)8-9-26-17/h6-9,11,13H,3-5,10H2,1-2H3/b7-6+. The van der Waals surface area contributed by atoms with Crippen molar-refractivity contribution in [3.63, 3.8) is 0 Å². The lowest BCUT2D eigenvalue weighted by Gasteiger charge is -2.28. The van der Waals surface area contributed by atoms with E-state index in [2.05, 4.69) is 4.98 Å². The van der Waals surface area contributed by atoms with Gasteiger partial charge in [-0.2, -0.15) is 0 Å². The van der Waals surface area contributed by atoms with Crippen LogP contribution in [-0.2, 0) is 19.1 Å². The van der Waals surface area contributed by atoms with Crippen LogP contribution in [0.3, 0.4) is 0 Å². The summed E-state index contributed by atoms with van der Waals surface area (Å²) in [5.74, 6) is -0.727. The molecule has 0 radical (unpaired) electrons. The minimum atomic E-state index is -0.758. The molecule has 1 unspecified atom stereocenters. The number of esters is 1. The van der Waals surface area contributed by atoms with Crippen LogP contribution in [0.1, 0.15) is 25.5 Å². The van der Waals surface area contributed by atoms with Crippen molar-refractivity contribution in [2.24, 2.45) is 0 Å². The van der Waals surface area contributed by atoms with Crippen molar-refractivity contribution in [1.82, 2.24) is 14.3 Å². The number of methoxy groups -OCH3 is 1. The van der Waals surface area contributed by atoms with Crippen LogP contribution in [0, 0.1) is 0 Å². The summed E-state index contributed by atoms with van der Waals surface area (Å²) >= 11 is 7.61.